The SMILES string of the molecule is CC(C)C1CNCCN1C(=O)c1ccco1. The maximum atomic E-state index is 12.2. The van der Waals surface area contributed by atoms with Gasteiger partial charge in [0.05, 0.1) is 6.26 Å². The van der Waals surface area contributed by atoms with Crippen LogP contribution < -0.4 is 5.32 Å². The van der Waals surface area contributed by atoms with Crippen molar-refractivity contribution in [1.82, 2.24) is 10.2 Å². The summed E-state index contributed by atoms with van der Waals surface area (Å²) in [5.74, 6) is 0.893. The minimum atomic E-state index is 0.00481. The molecule has 1 aromatic heterocycles. The summed E-state index contributed by atoms with van der Waals surface area (Å²) in [6, 6.07) is 3.73. The molecule has 16 heavy (non-hydrogen) atoms. The number of carbonyl (C=O) groups is 1. The molecular formula is C12H18N2O2. The molecule has 1 fully saturated rings. The standard InChI is InChI=1S/C12H18N2O2/c1-9(2)10-8-13-5-6-14(10)12(15)11-4-3-7-16-11/h3-4,7,9-10,13H,5-6,8H2,1-2H3. The molecule has 1 unspecified atom stereocenters. The Bertz CT molecular complexity index is 346. The van der Waals surface area contributed by atoms with E-state index in [4.69, 9.17) is 4.42 Å². The van der Waals surface area contributed by atoms with E-state index in [0.29, 0.717) is 11.7 Å². The number of rotatable bonds is 2. The number of carbonyl (C=O) groups excluding carboxylic acids is 1. The molecule has 0 spiro atoms. The molecule has 1 N–H and O–H groups in total. The van der Waals surface area contributed by atoms with Gasteiger partial charge in [0.15, 0.2) is 5.76 Å². The highest BCUT2D eigenvalue weighted by Gasteiger charge is 2.30. The van der Waals surface area contributed by atoms with Gasteiger partial charge in [0, 0.05) is 25.7 Å². The number of hydrogen-bond donors (Lipinski definition) is 1. The van der Waals surface area contributed by atoms with Crippen molar-refractivity contribution in [1.29, 1.82) is 0 Å². The van der Waals surface area contributed by atoms with Gasteiger partial charge in [-0.1, -0.05) is 13.8 Å². The third-order valence-electron chi connectivity index (χ3n) is 3.05. The summed E-state index contributed by atoms with van der Waals surface area (Å²) in [5, 5.41) is 3.32. The number of hydrogen-bond acceptors (Lipinski definition) is 3. The fraction of sp³-hybridized carbons (Fsp3) is 0.583. The first-order valence-corrected chi connectivity index (χ1v) is 5.75. The lowest BCUT2D eigenvalue weighted by atomic mass is 10.0. The van der Waals surface area contributed by atoms with Crippen LogP contribution in [-0.4, -0.2) is 36.5 Å². The maximum absolute atomic E-state index is 12.2. The van der Waals surface area contributed by atoms with Gasteiger partial charge in [-0.3, -0.25) is 4.79 Å². The minimum absolute atomic E-state index is 0.00481. The van der Waals surface area contributed by atoms with Gasteiger partial charge >= 0.3 is 0 Å². The van der Waals surface area contributed by atoms with Crippen molar-refractivity contribution in [2.45, 2.75) is 19.9 Å². The van der Waals surface area contributed by atoms with Crippen molar-refractivity contribution in [3.05, 3.63) is 24.2 Å². The number of nitrogens with zero attached hydrogens (tertiary/aromatic N) is 1. The Hall–Kier alpha value is -1.29. The summed E-state index contributed by atoms with van der Waals surface area (Å²) in [6.07, 6.45) is 1.54. The second kappa shape index (κ2) is 4.70. The summed E-state index contributed by atoms with van der Waals surface area (Å²) in [7, 11) is 0. The molecule has 0 aromatic carbocycles. The van der Waals surface area contributed by atoms with Crippen LogP contribution >= 0.6 is 0 Å². The molecule has 1 saturated heterocycles. The van der Waals surface area contributed by atoms with E-state index in [9.17, 15) is 4.79 Å². The second-order valence-electron chi connectivity index (χ2n) is 4.49. The number of furan rings is 1. The zero-order chi connectivity index (χ0) is 11.5. The lowest BCUT2D eigenvalue weighted by molar-refractivity contribution is 0.0541. The Morgan fingerprint density at radius 1 is 1.62 bits per heavy atom. The number of nitrogens with one attached hydrogen (secondary N) is 1. The average Bonchev–Trinajstić information content (AvgIpc) is 2.81. The van der Waals surface area contributed by atoms with Crippen LogP contribution in [0.5, 0.6) is 0 Å². The first kappa shape index (κ1) is 11.2. The molecule has 1 atom stereocenters. The van der Waals surface area contributed by atoms with E-state index >= 15 is 0 Å². The maximum Gasteiger partial charge on any atom is 0.289 e. The van der Waals surface area contributed by atoms with E-state index in [1.165, 1.54) is 0 Å². The molecule has 0 aliphatic carbocycles. The predicted octanol–water partition coefficient (Wildman–Crippen LogP) is 1.35. The summed E-state index contributed by atoms with van der Waals surface area (Å²) in [4.78, 5) is 14.1. The van der Waals surface area contributed by atoms with Crippen LogP contribution in [0.4, 0.5) is 0 Å². The molecule has 0 saturated carbocycles. The zero-order valence-corrected chi connectivity index (χ0v) is 9.77. The van der Waals surface area contributed by atoms with Gasteiger partial charge in [-0.15, -0.1) is 0 Å². The van der Waals surface area contributed by atoms with Gasteiger partial charge in [0.1, 0.15) is 0 Å². The Morgan fingerprint density at radius 2 is 2.44 bits per heavy atom. The quantitative estimate of drug-likeness (QED) is 0.821. The van der Waals surface area contributed by atoms with E-state index < -0.39 is 0 Å². The summed E-state index contributed by atoms with van der Waals surface area (Å²) < 4.78 is 5.16. The van der Waals surface area contributed by atoms with Gasteiger partial charge in [-0.05, 0) is 18.1 Å². The van der Waals surface area contributed by atoms with Crippen LogP contribution in [0, 0.1) is 5.92 Å². The van der Waals surface area contributed by atoms with E-state index in [2.05, 4.69) is 19.2 Å². The minimum Gasteiger partial charge on any atom is -0.459 e. The van der Waals surface area contributed by atoms with Crippen LogP contribution in [0.15, 0.2) is 22.8 Å². The molecule has 0 radical (unpaired) electrons. The van der Waals surface area contributed by atoms with E-state index in [0.717, 1.165) is 19.6 Å². The van der Waals surface area contributed by atoms with E-state index in [1.807, 2.05) is 4.90 Å². The lowest BCUT2D eigenvalue weighted by Crippen LogP contribution is -2.55. The molecule has 2 heterocycles. The first-order chi connectivity index (χ1) is 7.70. The normalized spacial score (nSPS) is 21.4. The summed E-state index contributed by atoms with van der Waals surface area (Å²) in [5.41, 5.74) is 0. The molecule has 0 bridgehead atoms. The lowest BCUT2D eigenvalue weighted by Gasteiger charge is -2.38. The first-order valence-electron chi connectivity index (χ1n) is 5.75. The number of amides is 1. The highest BCUT2D eigenvalue weighted by Crippen LogP contribution is 2.16. The van der Waals surface area contributed by atoms with Crippen molar-refractivity contribution < 1.29 is 9.21 Å². The van der Waals surface area contributed by atoms with Crippen LogP contribution in [0.2, 0.25) is 0 Å². The molecule has 1 aliphatic rings. The van der Waals surface area contributed by atoms with Crippen LogP contribution in [-0.2, 0) is 0 Å². The van der Waals surface area contributed by atoms with Gasteiger partial charge < -0.3 is 14.6 Å². The molecule has 1 amide bonds. The molecular weight excluding hydrogens is 204 g/mol. The Morgan fingerprint density at radius 3 is 3.06 bits per heavy atom. The van der Waals surface area contributed by atoms with Crippen LogP contribution in [0.25, 0.3) is 0 Å². The topological polar surface area (TPSA) is 45.5 Å². The fourth-order valence-corrected chi connectivity index (χ4v) is 2.12. The Labute approximate surface area is 95.6 Å². The van der Waals surface area contributed by atoms with Gasteiger partial charge in [0.2, 0.25) is 0 Å². The molecule has 1 aromatic rings. The fourth-order valence-electron chi connectivity index (χ4n) is 2.12. The van der Waals surface area contributed by atoms with E-state index in [-0.39, 0.29) is 11.9 Å². The van der Waals surface area contributed by atoms with Crippen molar-refractivity contribution in [2.24, 2.45) is 5.92 Å². The predicted molar refractivity (Wildman–Crippen MR) is 61.2 cm³/mol. The van der Waals surface area contributed by atoms with Crippen LogP contribution in [0.1, 0.15) is 24.4 Å². The smallest absolute Gasteiger partial charge is 0.289 e. The van der Waals surface area contributed by atoms with Gasteiger partial charge in [-0.2, -0.15) is 0 Å². The van der Waals surface area contributed by atoms with Crippen molar-refractivity contribution in [3.63, 3.8) is 0 Å². The van der Waals surface area contributed by atoms with Crippen molar-refractivity contribution >= 4 is 5.91 Å². The largest absolute Gasteiger partial charge is 0.459 e. The molecule has 88 valence electrons. The van der Waals surface area contributed by atoms with Gasteiger partial charge in [-0.25, -0.2) is 0 Å². The summed E-state index contributed by atoms with van der Waals surface area (Å²) in [6.45, 7) is 6.75. The number of piperazine rings is 1. The second-order valence-corrected chi connectivity index (χ2v) is 4.49. The van der Waals surface area contributed by atoms with Crippen molar-refractivity contribution in [3.8, 4) is 0 Å². The summed E-state index contributed by atoms with van der Waals surface area (Å²) >= 11 is 0. The monoisotopic (exact) mass is 222 g/mol. The highest BCUT2D eigenvalue weighted by molar-refractivity contribution is 5.91. The van der Waals surface area contributed by atoms with Crippen molar-refractivity contribution in [2.75, 3.05) is 19.6 Å². The molecule has 4 heteroatoms. The molecule has 1 aliphatic heterocycles. The van der Waals surface area contributed by atoms with E-state index in [1.54, 1.807) is 18.4 Å². The third kappa shape index (κ3) is 2.11. The van der Waals surface area contributed by atoms with Crippen LogP contribution in [0.3, 0.4) is 0 Å². The molecule has 2 rings (SSSR count). The zero-order valence-electron chi connectivity index (χ0n) is 9.77. The molecule has 4 nitrogen and oxygen atoms in total. The average molecular weight is 222 g/mol. The highest BCUT2D eigenvalue weighted by atomic mass is 16.3. The third-order valence-corrected chi connectivity index (χ3v) is 3.05. The Balaban J connectivity index is 2.14. The Kier molecular flexibility index (Phi) is 3.29. The van der Waals surface area contributed by atoms with Gasteiger partial charge in [0.25, 0.3) is 5.91 Å².